The van der Waals surface area contributed by atoms with Crippen molar-refractivity contribution in [1.29, 1.82) is 0 Å². The summed E-state index contributed by atoms with van der Waals surface area (Å²) in [6.45, 7) is 3.97. The van der Waals surface area contributed by atoms with Gasteiger partial charge in [-0.05, 0) is 36.4 Å². The molecule has 5 heteroatoms. The maximum absolute atomic E-state index is 10.6. The van der Waals surface area contributed by atoms with Gasteiger partial charge >= 0.3 is 0 Å². The van der Waals surface area contributed by atoms with Crippen LogP contribution >= 0.6 is 11.6 Å². The second-order valence-electron chi connectivity index (χ2n) is 5.33. The van der Waals surface area contributed by atoms with Crippen molar-refractivity contribution < 1.29 is 4.92 Å². The summed E-state index contributed by atoms with van der Waals surface area (Å²) >= 11 is 6.05. The van der Waals surface area contributed by atoms with E-state index >= 15 is 0 Å². The molecule has 2 atom stereocenters. The molecule has 0 spiro atoms. The zero-order valence-corrected chi connectivity index (χ0v) is 11.8. The Labute approximate surface area is 118 Å². The first-order valence-corrected chi connectivity index (χ1v) is 7.09. The van der Waals surface area contributed by atoms with E-state index in [1.54, 1.807) is 6.07 Å². The van der Waals surface area contributed by atoms with E-state index in [0.717, 1.165) is 23.9 Å². The summed E-state index contributed by atoms with van der Waals surface area (Å²) in [5.41, 5.74) is 0.955. The van der Waals surface area contributed by atoms with Crippen molar-refractivity contribution in [3.05, 3.63) is 38.9 Å². The predicted molar refractivity (Wildman–Crippen MR) is 76.3 cm³/mol. The number of halogens is 1. The third-order valence-electron chi connectivity index (χ3n) is 4.01. The van der Waals surface area contributed by atoms with Crippen LogP contribution in [0.2, 0.25) is 5.02 Å². The van der Waals surface area contributed by atoms with Crippen LogP contribution < -0.4 is 5.32 Å². The van der Waals surface area contributed by atoms with Crippen LogP contribution in [0.15, 0.2) is 18.2 Å². The van der Waals surface area contributed by atoms with Crippen molar-refractivity contribution in [2.75, 3.05) is 6.54 Å². The van der Waals surface area contributed by atoms with Gasteiger partial charge in [-0.3, -0.25) is 10.1 Å². The smallest absolute Gasteiger partial charge is 0.270 e. The number of benzene rings is 1. The summed E-state index contributed by atoms with van der Waals surface area (Å²) in [5.74, 6) is 1.54. The molecule has 1 saturated carbocycles. The Hall–Kier alpha value is -1.13. The highest BCUT2D eigenvalue weighted by Crippen LogP contribution is 2.30. The Kier molecular flexibility index (Phi) is 4.77. The van der Waals surface area contributed by atoms with Gasteiger partial charge in [0.05, 0.1) is 9.95 Å². The number of hydrogen-bond acceptors (Lipinski definition) is 3. The highest BCUT2D eigenvalue weighted by Gasteiger charge is 2.22. The lowest BCUT2D eigenvalue weighted by atomic mass is 9.98. The SMILES string of the molecule is CC1CCCC1CNCc1ccc([N+](=O)[O-])cc1Cl. The molecule has 1 aromatic rings. The number of nitro benzene ring substituents is 1. The van der Waals surface area contributed by atoms with Crippen LogP contribution in [0.3, 0.4) is 0 Å². The Morgan fingerprint density at radius 1 is 1.47 bits per heavy atom. The van der Waals surface area contributed by atoms with E-state index in [0.29, 0.717) is 11.6 Å². The maximum Gasteiger partial charge on any atom is 0.270 e. The minimum Gasteiger partial charge on any atom is -0.312 e. The van der Waals surface area contributed by atoms with Gasteiger partial charge in [-0.25, -0.2) is 0 Å². The Bertz CT molecular complexity index is 465. The number of non-ortho nitro benzene ring substituents is 1. The lowest BCUT2D eigenvalue weighted by Crippen LogP contribution is -2.24. The molecule has 0 bridgehead atoms. The maximum atomic E-state index is 10.6. The number of hydrogen-bond donors (Lipinski definition) is 1. The molecule has 1 aromatic carbocycles. The molecule has 19 heavy (non-hydrogen) atoms. The van der Waals surface area contributed by atoms with Crippen molar-refractivity contribution >= 4 is 17.3 Å². The van der Waals surface area contributed by atoms with Crippen molar-refractivity contribution in [2.24, 2.45) is 11.8 Å². The van der Waals surface area contributed by atoms with E-state index in [2.05, 4.69) is 12.2 Å². The normalized spacial score (nSPS) is 22.6. The van der Waals surface area contributed by atoms with Crippen LogP contribution in [-0.4, -0.2) is 11.5 Å². The predicted octanol–water partition coefficient (Wildman–Crippen LogP) is 3.77. The molecular weight excluding hydrogens is 264 g/mol. The fourth-order valence-electron chi connectivity index (χ4n) is 2.71. The zero-order valence-electron chi connectivity index (χ0n) is 11.1. The molecule has 2 rings (SSSR count). The van der Waals surface area contributed by atoms with E-state index in [1.807, 2.05) is 0 Å². The molecule has 1 aliphatic carbocycles. The Morgan fingerprint density at radius 3 is 2.84 bits per heavy atom. The van der Waals surface area contributed by atoms with Gasteiger partial charge in [-0.15, -0.1) is 0 Å². The van der Waals surface area contributed by atoms with Crippen LogP contribution in [0.4, 0.5) is 5.69 Å². The van der Waals surface area contributed by atoms with Crippen LogP contribution in [-0.2, 0) is 6.54 Å². The second kappa shape index (κ2) is 6.35. The fraction of sp³-hybridized carbons (Fsp3) is 0.571. The second-order valence-corrected chi connectivity index (χ2v) is 5.74. The molecule has 0 amide bonds. The molecule has 1 aliphatic rings. The first kappa shape index (κ1) is 14.3. The molecule has 0 radical (unpaired) electrons. The summed E-state index contributed by atoms with van der Waals surface area (Å²) in [7, 11) is 0. The molecule has 0 aliphatic heterocycles. The van der Waals surface area contributed by atoms with Gasteiger partial charge in [0.1, 0.15) is 0 Å². The molecule has 104 valence electrons. The summed E-state index contributed by atoms with van der Waals surface area (Å²) in [6, 6.07) is 4.64. The molecule has 0 heterocycles. The van der Waals surface area contributed by atoms with Crippen LogP contribution in [0, 0.1) is 22.0 Å². The minimum absolute atomic E-state index is 0.0400. The standard InChI is InChI=1S/C14H19ClN2O2/c1-10-3-2-4-11(10)8-16-9-12-5-6-13(17(18)19)7-14(12)15/h5-7,10-11,16H,2-4,8-9H2,1H3. The third kappa shape index (κ3) is 3.67. The van der Waals surface area contributed by atoms with Gasteiger partial charge in [-0.2, -0.15) is 0 Å². The minimum atomic E-state index is -0.427. The molecule has 2 unspecified atom stereocenters. The summed E-state index contributed by atoms with van der Waals surface area (Å²) in [5, 5.41) is 14.5. The summed E-state index contributed by atoms with van der Waals surface area (Å²) in [4.78, 5) is 10.2. The largest absolute Gasteiger partial charge is 0.312 e. The van der Waals surface area contributed by atoms with Gasteiger partial charge in [0.25, 0.3) is 5.69 Å². The van der Waals surface area contributed by atoms with Gasteiger partial charge in [-0.1, -0.05) is 31.4 Å². The Balaban J connectivity index is 1.87. The van der Waals surface area contributed by atoms with Gasteiger partial charge in [0.2, 0.25) is 0 Å². The molecule has 1 fully saturated rings. The van der Waals surface area contributed by atoms with Gasteiger partial charge in [0, 0.05) is 18.7 Å². The van der Waals surface area contributed by atoms with E-state index < -0.39 is 4.92 Å². The van der Waals surface area contributed by atoms with Crippen molar-refractivity contribution in [3.8, 4) is 0 Å². The van der Waals surface area contributed by atoms with Crippen LogP contribution in [0.25, 0.3) is 0 Å². The van der Waals surface area contributed by atoms with E-state index in [-0.39, 0.29) is 5.69 Å². The molecule has 0 saturated heterocycles. The molecule has 4 nitrogen and oxygen atoms in total. The monoisotopic (exact) mass is 282 g/mol. The van der Waals surface area contributed by atoms with Crippen LogP contribution in [0.5, 0.6) is 0 Å². The number of rotatable bonds is 5. The van der Waals surface area contributed by atoms with Gasteiger partial charge in [0.15, 0.2) is 0 Å². The van der Waals surface area contributed by atoms with E-state index in [9.17, 15) is 10.1 Å². The van der Waals surface area contributed by atoms with Crippen molar-refractivity contribution in [3.63, 3.8) is 0 Å². The van der Waals surface area contributed by atoms with E-state index in [4.69, 9.17) is 11.6 Å². The average molecular weight is 283 g/mol. The van der Waals surface area contributed by atoms with Crippen molar-refractivity contribution in [1.82, 2.24) is 5.32 Å². The lowest BCUT2D eigenvalue weighted by molar-refractivity contribution is -0.384. The number of nitrogens with one attached hydrogen (secondary N) is 1. The summed E-state index contributed by atoms with van der Waals surface area (Å²) in [6.07, 6.45) is 3.94. The number of nitrogens with zero attached hydrogens (tertiary/aromatic N) is 1. The first-order chi connectivity index (χ1) is 9.08. The molecular formula is C14H19ClN2O2. The summed E-state index contributed by atoms with van der Waals surface area (Å²) < 4.78 is 0. The fourth-order valence-corrected chi connectivity index (χ4v) is 2.95. The molecule has 1 N–H and O–H groups in total. The highest BCUT2D eigenvalue weighted by atomic mass is 35.5. The quantitative estimate of drug-likeness (QED) is 0.660. The third-order valence-corrected chi connectivity index (χ3v) is 4.36. The molecule has 0 aromatic heterocycles. The van der Waals surface area contributed by atoms with Crippen LogP contribution in [0.1, 0.15) is 31.7 Å². The Morgan fingerprint density at radius 2 is 2.26 bits per heavy atom. The van der Waals surface area contributed by atoms with E-state index in [1.165, 1.54) is 31.4 Å². The number of nitro groups is 1. The highest BCUT2D eigenvalue weighted by molar-refractivity contribution is 6.31. The van der Waals surface area contributed by atoms with Gasteiger partial charge < -0.3 is 5.32 Å². The van der Waals surface area contributed by atoms with Crippen molar-refractivity contribution in [2.45, 2.75) is 32.7 Å². The topological polar surface area (TPSA) is 55.2 Å². The average Bonchev–Trinajstić information content (AvgIpc) is 2.77. The first-order valence-electron chi connectivity index (χ1n) is 6.71. The zero-order chi connectivity index (χ0) is 13.8. The lowest BCUT2D eigenvalue weighted by Gasteiger charge is -2.16.